The van der Waals surface area contributed by atoms with Gasteiger partial charge in [0.1, 0.15) is 6.33 Å². The Labute approximate surface area is 162 Å². The van der Waals surface area contributed by atoms with Crippen molar-refractivity contribution < 1.29 is 18.3 Å². The first-order valence-electron chi connectivity index (χ1n) is 8.38. The topological polar surface area (TPSA) is 84.3 Å². The molecule has 0 saturated heterocycles. The van der Waals surface area contributed by atoms with Crippen molar-refractivity contribution in [3.63, 3.8) is 0 Å². The van der Waals surface area contributed by atoms with Crippen LogP contribution < -0.4 is 20.9 Å². The third kappa shape index (κ3) is 3.56. The van der Waals surface area contributed by atoms with Gasteiger partial charge < -0.3 is 15.2 Å². The van der Waals surface area contributed by atoms with Gasteiger partial charge in [-0.05, 0) is 34.7 Å². The molecule has 1 aliphatic rings. The van der Waals surface area contributed by atoms with Gasteiger partial charge in [0.05, 0.1) is 13.1 Å². The number of hydrogen-bond acceptors (Lipinski definition) is 6. The Balaban J connectivity index is 1.52. The van der Waals surface area contributed by atoms with E-state index in [9.17, 15) is 13.6 Å². The molecule has 28 heavy (non-hydrogen) atoms. The van der Waals surface area contributed by atoms with Gasteiger partial charge in [-0.1, -0.05) is 6.07 Å². The molecule has 0 bridgehead atoms. The minimum absolute atomic E-state index is 0.216. The van der Waals surface area contributed by atoms with Gasteiger partial charge >= 0.3 is 5.69 Å². The van der Waals surface area contributed by atoms with Gasteiger partial charge in [-0.2, -0.15) is 13.9 Å². The Kier molecular flexibility index (Phi) is 4.97. The fourth-order valence-corrected chi connectivity index (χ4v) is 3.72. The molecule has 0 aliphatic carbocycles. The number of thiophene rings is 1. The first-order valence-corrected chi connectivity index (χ1v) is 9.26. The van der Waals surface area contributed by atoms with Gasteiger partial charge in [-0.15, -0.1) is 11.3 Å². The number of hydrogen-bond donors (Lipinski definition) is 1. The van der Waals surface area contributed by atoms with Gasteiger partial charge in [0.15, 0.2) is 11.5 Å². The number of nitrogens with two attached hydrogens (primary N) is 1. The largest absolute Gasteiger partial charge is 0.454 e. The Morgan fingerprint density at radius 2 is 2.04 bits per heavy atom. The minimum atomic E-state index is -1.88. The molecule has 0 radical (unpaired) electrons. The molecular formula is C18H16F2N4O3S. The highest BCUT2D eigenvalue weighted by Crippen LogP contribution is 2.37. The molecule has 0 saturated carbocycles. The summed E-state index contributed by atoms with van der Waals surface area (Å²) in [6, 6.07) is 7.68. The van der Waals surface area contributed by atoms with Gasteiger partial charge in [-0.3, -0.25) is 4.57 Å². The standard InChI is InChI=1S/C18H16F2N4O3S/c19-17(20)13(5-21)6-24-18(25)23(9-22-24)7-14-3-12(8-28-14)11-1-2-15-16(4-11)27-10-26-15/h1-4,8-9H,5-7,10,21H2. The second-order valence-electron chi connectivity index (χ2n) is 6.14. The zero-order valence-corrected chi connectivity index (χ0v) is 15.4. The lowest BCUT2D eigenvalue weighted by atomic mass is 10.1. The highest BCUT2D eigenvalue weighted by atomic mass is 32.1. The predicted molar refractivity (Wildman–Crippen MR) is 99.8 cm³/mol. The van der Waals surface area contributed by atoms with E-state index in [0.717, 1.165) is 20.7 Å². The zero-order chi connectivity index (χ0) is 19.7. The summed E-state index contributed by atoms with van der Waals surface area (Å²) in [5, 5.41) is 5.89. The van der Waals surface area contributed by atoms with E-state index in [-0.39, 0.29) is 25.5 Å². The van der Waals surface area contributed by atoms with Crippen molar-refractivity contribution in [3.8, 4) is 22.6 Å². The SMILES string of the molecule is NCC(Cn1ncn(Cc2cc(-c3ccc4c(c3)OCO4)cs2)c1=O)=C(F)F. The van der Waals surface area contributed by atoms with Crippen LogP contribution in [-0.2, 0) is 13.1 Å². The summed E-state index contributed by atoms with van der Waals surface area (Å²) in [4.78, 5) is 13.3. The van der Waals surface area contributed by atoms with Crippen LogP contribution in [0.25, 0.3) is 11.1 Å². The number of nitrogens with zero attached hydrogens (tertiary/aromatic N) is 3. The maximum atomic E-state index is 12.8. The van der Waals surface area contributed by atoms with Crippen molar-refractivity contribution in [3.05, 3.63) is 63.0 Å². The number of halogens is 2. The first kappa shape index (κ1) is 18.4. The second kappa shape index (κ2) is 7.56. The van der Waals surface area contributed by atoms with E-state index in [0.29, 0.717) is 18.0 Å². The quantitative estimate of drug-likeness (QED) is 0.680. The van der Waals surface area contributed by atoms with Crippen molar-refractivity contribution in [2.45, 2.75) is 13.1 Å². The maximum absolute atomic E-state index is 12.8. The highest BCUT2D eigenvalue weighted by molar-refractivity contribution is 7.10. The Hall–Kier alpha value is -2.98. The van der Waals surface area contributed by atoms with Crippen LogP contribution in [0, 0.1) is 0 Å². The van der Waals surface area contributed by atoms with Crippen LogP contribution in [-0.4, -0.2) is 27.7 Å². The summed E-state index contributed by atoms with van der Waals surface area (Å²) in [5.74, 6) is 1.42. The van der Waals surface area contributed by atoms with Crippen molar-refractivity contribution in [1.29, 1.82) is 0 Å². The van der Waals surface area contributed by atoms with Gasteiger partial charge in [0.25, 0.3) is 6.08 Å². The number of rotatable bonds is 6. The fraction of sp³-hybridized carbons (Fsp3) is 0.222. The van der Waals surface area contributed by atoms with E-state index >= 15 is 0 Å². The molecule has 4 rings (SSSR count). The number of benzene rings is 1. The van der Waals surface area contributed by atoms with E-state index in [1.165, 1.54) is 22.2 Å². The Morgan fingerprint density at radius 1 is 1.21 bits per heavy atom. The van der Waals surface area contributed by atoms with Crippen LogP contribution in [0.15, 0.2) is 52.4 Å². The smallest absolute Gasteiger partial charge is 0.346 e. The summed E-state index contributed by atoms with van der Waals surface area (Å²) in [6.07, 6.45) is -0.539. The lowest BCUT2D eigenvalue weighted by Crippen LogP contribution is -2.27. The average Bonchev–Trinajstić information content (AvgIpc) is 3.41. The number of ether oxygens (including phenoxy) is 2. The minimum Gasteiger partial charge on any atom is -0.454 e. The highest BCUT2D eigenvalue weighted by Gasteiger charge is 2.15. The maximum Gasteiger partial charge on any atom is 0.346 e. The van der Waals surface area contributed by atoms with Crippen LogP contribution in [0.4, 0.5) is 8.78 Å². The molecule has 0 amide bonds. The van der Waals surface area contributed by atoms with Gasteiger partial charge in [-0.25, -0.2) is 9.48 Å². The van der Waals surface area contributed by atoms with E-state index in [1.807, 2.05) is 29.6 Å². The molecule has 1 aliphatic heterocycles. The summed E-state index contributed by atoms with van der Waals surface area (Å²) in [5.41, 5.74) is 6.48. The molecule has 10 heteroatoms. The zero-order valence-electron chi connectivity index (χ0n) is 14.6. The van der Waals surface area contributed by atoms with Crippen molar-refractivity contribution in [2.24, 2.45) is 5.73 Å². The molecule has 0 fully saturated rings. The molecule has 2 N–H and O–H groups in total. The van der Waals surface area contributed by atoms with Crippen molar-refractivity contribution in [2.75, 3.05) is 13.3 Å². The molecule has 3 aromatic rings. The predicted octanol–water partition coefficient (Wildman–Crippen LogP) is 2.66. The van der Waals surface area contributed by atoms with E-state index < -0.39 is 11.8 Å². The van der Waals surface area contributed by atoms with Crippen LogP contribution in [0.2, 0.25) is 0 Å². The normalized spacial score (nSPS) is 12.4. The molecule has 3 heterocycles. The summed E-state index contributed by atoms with van der Waals surface area (Å²) in [7, 11) is 0. The molecule has 7 nitrogen and oxygen atoms in total. The second-order valence-corrected chi connectivity index (χ2v) is 7.13. The third-order valence-corrected chi connectivity index (χ3v) is 5.26. The average molecular weight is 406 g/mol. The summed E-state index contributed by atoms with van der Waals surface area (Å²) >= 11 is 1.50. The van der Waals surface area contributed by atoms with Gasteiger partial charge in [0.2, 0.25) is 6.79 Å². The van der Waals surface area contributed by atoms with Crippen LogP contribution >= 0.6 is 11.3 Å². The molecule has 1 aromatic carbocycles. The molecule has 0 unspecified atom stereocenters. The van der Waals surface area contributed by atoms with E-state index in [4.69, 9.17) is 15.2 Å². The van der Waals surface area contributed by atoms with Gasteiger partial charge in [0, 0.05) is 17.0 Å². The Bertz CT molecular complexity index is 1100. The molecule has 146 valence electrons. The summed E-state index contributed by atoms with van der Waals surface area (Å²) in [6.45, 7) is -0.134. The van der Waals surface area contributed by atoms with Crippen molar-refractivity contribution >= 4 is 11.3 Å². The third-order valence-electron chi connectivity index (χ3n) is 4.34. The van der Waals surface area contributed by atoms with E-state index in [1.54, 1.807) is 0 Å². The monoisotopic (exact) mass is 406 g/mol. The lowest BCUT2D eigenvalue weighted by Gasteiger charge is -2.02. The molecule has 0 atom stereocenters. The first-order chi connectivity index (χ1) is 13.5. The summed E-state index contributed by atoms with van der Waals surface area (Å²) < 4.78 is 38.6. The van der Waals surface area contributed by atoms with Crippen molar-refractivity contribution in [1.82, 2.24) is 14.3 Å². The molecule has 0 spiro atoms. The number of fused-ring (bicyclic) bond motifs is 1. The van der Waals surface area contributed by atoms with Crippen LogP contribution in [0.5, 0.6) is 11.5 Å². The van der Waals surface area contributed by atoms with Crippen LogP contribution in [0.1, 0.15) is 4.88 Å². The number of aromatic nitrogens is 3. The van der Waals surface area contributed by atoms with E-state index in [2.05, 4.69) is 5.10 Å². The Morgan fingerprint density at radius 3 is 2.82 bits per heavy atom. The fourth-order valence-electron chi connectivity index (χ4n) is 2.83. The van der Waals surface area contributed by atoms with Crippen LogP contribution in [0.3, 0.4) is 0 Å². The lowest BCUT2D eigenvalue weighted by molar-refractivity contribution is 0.174. The molecular weight excluding hydrogens is 390 g/mol. The molecule has 2 aromatic heterocycles.